The van der Waals surface area contributed by atoms with Gasteiger partial charge in [-0.05, 0) is 70.6 Å². The van der Waals surface area contributed by atoms with E-state index in [9.17, 15) is 9.59 Å². The minimum absolute atomic E-state index is 0.0946. The maximum absolute atomic E-state index is 12.0. The van der Waals surface area contributed by atoms with E-state index in [2.05, 4.69) is 60.9 Å². The van der Waals surface area contributed by atoms with Gasteiger partial charge in [0.05, 0.1) is 0 Å². The molecule has 6 nitrogen and oxygen atoms in total. The molecule has 0 radical (unpaired) electrons. The molecule has 38 heavy (non-hydrogen) atoms. The summed E-state index contributed by atoms with van der Waals surface area (Å²) in [5, 5.41) is 7.10. The number of ether oxygens (including phenoxy) is 2. The zero-order chi connectivity index (χ0) is 27.5. The van der Waals surface area contributed by atoms with Crippen LogP contribution in [0.3, 0.4) is 0 Å². The van der Waals surface area contributed by atoms with Crippen LogP contribution in [0.5, 0.6) is 0 Å². The summed E-state index contributed by atoms with van der Waals surface area (Å²) in [6, 6.07) is 0.893. The van der Waals surface area contributed by atoms with Gasteiger partial charge >= 0.3 is 11.9 Å². The van der Waals surface area contributed by atoms with Crippen LogP contribution < -0.4 is 10.6 Å². The molecule has 0 amide bonds. The first-order valence-electron chi connectivity index (χ1n) is 15.4. The van der Waals surface area contributed by atoms with Gasteiger partial charge in [0.1, 0.15) is 13.2 Å². The van der Waals surface area contributed by atoms with E-state index in [-0.39, 0.29) is 11.9 Å². The van der Waals surface area contributed by atoms with Gasteiger partial charge in [-0.2, -0.15) is 0 Å². The van der Waals surface area contributed by atoms with Crippen molar-refractivity contribution < 1.29 is 19.1 Å². The zero-order valence-electron chi connectivity index (χ0n) is 24.4. The quantitative estimate of drug-likeness (QED) is 0.301. The number of hydrogen-bond donors (Lipinski definition) is 2. The first kappa shape index (κ1) is 34.1. The minimum atomic E-state index is -0.0946. The van der Waals surface area contributed by atoms with Crippen molar-refractivity contribution in [3.63, 3.8) is 0 Å². The molecule has 218 valence electrons. The maximum atomic E-state index is 12.0. The van der Waals surface area contributed by atoms with Crippen molar-refractivity contribution in [2.45, 2.75) is 129 Å². The maximum Gasteiger partial charge on any atom is 0.305 e. The van der Waals surface area contributed by atoms with E-state index in [1.807, 2.05) is 0 Å². The molecule has 0 aromatic heterocycles. The summed E-state index contributed by atoms with van der Waals surface area (Å²) in [7, 11) is 0. The fourth-order valence-corrected chi connectivity index (χ4v) is 4.62. The molecule has 1 aliphatic heterocycles. The van der Waals surface area contributed by atoms with Crippen LogP contribution in [0.1, 0.15) is 117 Å². The molecule has 1 rings (SSSR count). The van der Waals surface area contributed by atoms with E-state index in [0.717, 1.165) is 83.6 Å². The van der Waals surface area contributed by atoms with Gasteiger partial charge in [-0.1, -0.05) is 69.6 Å². The standard InChI is InChI=1S/C32H56N2O4/c1-3-19-29-21-15-11-7-5-9-13-18-24-32(36)38-28-26-34-30(20-4-2)22-16-12-8-6-10-14-17-23-31(35)37-27-25-33-29/h5-6,9-11,15,29-30,33-34H,3-4,7-8,12-14,16-28H2,1-2H3/b9-5+,10-6+,15-11-. The first-order valence-corrected chi connectivity index (χ1v) is 15.4. The fourth-order valence-electron chi connectivity index (χ4n) is 4.62. The van der Waals surface area contributed by atoms with Crippen molar-refractivity contribution in [2.24, 2.45) is 0 Å². The molecule has 2 N–H and O–H groups in total. The van der Waals surface area contributed by atoms with Crippen molar-refractivity contribution in [1.29, 1.82) is 0 Å². The number of carbonyl (C=O) groups excluding carboxylic acids is 2. The summed E-state index contributed by atoms with van der Waals surface area (Å²) in [5.41, 5.74) is 0. The average Bonchev–Trinajstić information content (AvgIpc) is 2.90. The molecule has 1 aliphatic rings. The number of allylic oxidation sites excluding steroid dienone is 5. The van der Waals surface area contributed by atoms with E-state index in [4.69, 9.17) is 9.47 Å². The van der Waals surface area contributed by atoms with E-state index < -0.39 is 0 Å². The van der Waals surface area contributed by atoms with Crippen molar-refractivity contribution >= 4 is 11.9 Å². The second kappa shape index (κ2) is 25.4. The van der Waals surface area contributed by atoms with Crippen LogP contribution >= 0.6 is 0 Å². The Bertz CT molecular complexity index is 674. The summed E-state index contributed by atoms with van der Waals surface area (Å²) >= 11 is 0. The third kappa shape index (κ3) is 21.1. The first-order chi connectivity index (χ1) is 18.7. The van der Waals surface area contributed by atoms with Gasteiger partial charge in [0, 0.05) is 38.0 Å². The lowest BCUT2D eigenvalue weighted by atomic mass is 10.0. The molecule has 0 spiro atoms. The number of carbonyl (C=O) groups is 2. The molecule has 2 atom stereocenters. The van der Waals surface area contributed by atoms with Gasteiger partial charge < -0.3 is 20.1 Å². The molecule has 0 saturated heterocycles. The van der Waals surface area contributed by atoms with E-state index >= 15 is 0 Å². The molecule has 0 fully saturated rings. The Kier molecular flexibility index (Phi) is 22.8. The van der Waals surface area contributed by atoms with Crippen molar-refractivity contribution in [3.05, 3.63) is 36.5 Å². The average molecular weight is 533 g/mol. The van der Waals surface area contributed by atoms with Crippen molar-refractivity contribution in [2.75, 3.05) is 26.3 Å². The molecule has 0 aromatic carbocycles. The fraction of sp³-hybridized carbons (Fsp3) is 0.750. The van der Waals surface area contributed by atoms with Gasteiger partial charge in [0.25, 0.3) is 0 Å². The lowest BCUT2D eigenvalue weighted by molar-refractivity contribution is -0.144. The summed E-state index contributed by atoms with van der Waals surface area (Å²) in [4.78, 5) is 24.0. The second-order valence-electron chi connectivity index (χ2n) is 10.3. The van der Waals surface area contributed by atoms with Crippen LogP contribution in [0, 0.1) is 0 Å². The Labute approximate surface area is 233 Å². The molecule has 0 bridgehead atoms. The minimum Gasteiger partial charge on any atom is -0.464 e. The Morgan fingerprint density at radius 2 is 1.21 bits per heavy atom. The summed E-state index contributed by atoms with van der Waals surface area (Å²) < 4.78 is 10.8. The zero-order valence-corrected chi connectivity index (χ0v) is 24.4. The van der Waals surface area contributed by atoms with Crippen LogP contribution in [0.25, 0.3) is 0 Å². The summed E-state index contributed by atoms with van der Waals surface area (Å²) in [6.07, 6.45) is 28.6. The van der Waals surface area contributed by atoms with Gasteiger partial charge in [0.2, 0.25) is 0 Å². The van der Waals surface area contributed by atoms with Crippen molar-refractivity contribution in [3.8, 4) is 0 Å². The van der Waals surface area contributed by atoms with Crippen LogP contribution in [-0.4, -0.2) is 50.3 Å². The van der Waals surface area contributed by atoms with Crippen LogP contribution in [-0.2, 0) is 19.1 Å². The molecular formula is C32H56N2O4. The van der Waals surface area contributed by atoms with Gasteiger partial charge in [-0.25, -0.2) is 0 Å². The number of esters is 2. The molecule has 0 aromatic rings. The molecule has 6 heteroatoms. The van der Waals surface area contributed by atoms with E-state index in [1.54, 1.807) is 0 Å². The second-order valence-corrected chi connectivity index (χ2v) is 10.3. The third-order valence-electron chi connectivity index (χ3n) is 6.74. The molecule has 1 heterocycles. The number of cyclic esters (lactones) is 2. The molecule has 2 unspecified atom stereocenters. The highest BCUT2D eigenvalue weighted by Crippen LogP contribution is 2.10. The highest BCUT2D eigenvalue weighted by Gasteiger charge is 2.08. The van der Waals surface area contributed by atoms with E-state index in [0.29, 0.717) is 44.7 Å². The smallest absolute Gasteiger partial charge is 0.305 e. The Hall–Kier alpha value is -1.92. The largest absolute Gasteiger partial charge is 0.464 e. The third-order valence-corrected chi connectivity index (χ3v) is 6.74. The summed E-state index contributed by atoms with van der Waals surface area (Å²) in [6.45, 7) is 6.71. The van der Waals surface area contributed by atoms with Gasteiger partial charge in [0.15, 0.2) is 0 Å². The topological polar surface area (TPSA) is 76.7 Å². The SMILES string of the molecule is CCCC1C/C=C\C/C=C/CCCC(=O)OCCNC(CCC)CCCC/C=C/CCCC(=O)OCCN1. The summed E-state index contributed by atoms with van der Waals surface area (Å²) in [5.74, 6) is -0.189. The van der Waals surface area contributed by atoms with Gasteiger partial charge in [-0.15, -0.1) is 0 Å². The Balaban J connectivity index is 2.49. The highest BCUT2D eigenvalue weighted by atomic mass is 16.5. The predicted molar refractivity (Wildman–Crippen MR) is 158 cm³/mol. The Morgan fingerprint density at radius 1 is 0.684 bits per heavy atom. The van der Waals surface area contributed by atoms with Crippen LogP contribution in [0.4, 0.5) is 0 Å². The number of rotatable bonds is 4. The van der Waals surface area contributed by atoms with Crippen molar-refractivity contribution in [1.82, 2.24) is 10.6 Å². The molecular weight excluding hydrogens is 476 g/mol. The lowest BCUT2D eigenvalue weighted by Gasteiger charge is -2.18. The van der Waals surface area contributed by atoms with Crippen LogP contribution in [0.15, 0.2) is 36.5 Å². The van der Waals surface area contributed by atoms with Gasteiger partial charge in [-0.3, -0.25) is 9.59 Å². The lowest BCUT2D eigenvalue weighted by Crippen LogP contribution is -2.32. The highest BCUT2D eigenvalue weighted by molar-refractivity contribution is 5.69. The molecule has 0 aliphatic carbocycles. The molecule has 0 saturated carbocycles. The monoisotopic (exact) mass is 532 g/mol. The van der Waals surface area contributed by atoms with Crippen LogP contribution in [0.2, 0.25) is 0 Å². The predicted octanol–water partition coefficient (Wildman–Crippen LogP) is 6.95. The Morgan fingerprint density at radius 3 is 1.84 bits per heavy atom. The number of hydrogen-bond acceptors (Lipinski definition) is 6. The normalized spacial score (nSPS) is 26.4. The van der Waals surface area contributed by atoms with E-state index in [1.165, 1.54) is 12.8 Å². The number of nitrogens with one attached hydrogen (secondary N) is 2.